The summed E-state index contributed by atoms with van der Waals surface area (Å²) in [6.45, 7) is 2.95. The third-order valence-electron chi connectivity index (χ3n) is 7.08. The highest BCUT2D eigenvalue weighted by Gasteiger charge is 2.33. The van der Waals surface area contributed by atoms with Crippen LogP contribution in [0.25, 0.3) is 0 Å². The van der Waals surface area contributed by atoms with E-state index in [9.17, 15) is 9.59 Å². The number of nitrogens with zero attached hydrogens (tertiary/aromatic N) is 1. The Hall–Kier alpha value is -1.59. The Bertz CT molecular complexity index is 725. The van der Waals surface area contributed by atoms with Crippen LogP contribution < -0.4 is 5.32 Å². The van der Waals surface area contributed by atoms with Crippen LogP contribution in [0.4, 0.5) is 0 Å². The monoisotopic (exact) mass is 420 g/mol. The molecule has 2 heterocycles. The molecule has 5 nitrogen and oxygen atoms in total. The summed E-state index contributed by atoms with van der Waals surface area (Å²) in [6, 6.07) is 6.93. The van der Waals surface area contributed by atoms with Gasteiger partial charge in [0.2, 0.25) is 0 Å². The molecule has 1 saturated heterocycles. The zero-order chi connectivity index (χ0) is 19.5. The Balaban J connectivity index is 0.00000240. The SMILES string of the molecule is Cl.O=C(O)CCC1CCC(N2CCc3ccc(C4CCNCC4)cc3C2=O)CC1. The fourth-order valence-corrected chi connectivity index (χ4v) is 5.34. The molecule has 2 N–H and O–H groups in total. The highest BCUT2D eigenvalue weighted by atomic mass is 35.5. The van der Waals surface area contributed by atoms with Gasteiger partial charge in [-0.1, -0.05) is 12.1 Å². The van der Waals surface area contributed by atoms with E-state index in [1.165, 1.54) is 11.1 Å². The summed E-state index contributed by atoms with van der Waals surface area (Å²) in [4.78, 5) is 26.2. The van der Waals surface area contributed by atoms with Crippen molar-refractivity contribution in [1.82, 2.24) is 10.2 Å². The van der Waals surface area contributed by atoms with Crippen molar-refractivity contribution in [2.45, 2.75) is 69.7 Å². The van der Waals surface area contributed by atoms with Crippen LogP contribution in [0.15, 0.2) is 18.2 Å². The van der Waals surface area contributed by atoms with Crippen molar-refractivity contribution in [3.8, 4) is 0 Å². The second-order valence-electron chi connectivity index (χ2n) is 8.80. The molecule has 0 atom stereocenters. The molecule has 1 aromatic carbocycles. The molecular weight excluding hydrogens is 388 g/mol. The fourth-order valence-electron chi connectivity index (χ4n) is 5.34. The summed E-state index contributed by atoms with van der Waals surface area (Å²) in [5.74, 6) is 0.589. The number of nitrogens with one attached hydrogen (secondary N) is 1. The molecule has 0 spiro atoms. The number of hydrogen-bond acceptors (Lipinski definition) is 3. The predicted octanol–water partition coefficient (Wildman–Crippen LogP) is 4.00. The Labute approximate surface area is 179 Å². The third kappa shape index (κ3) is 5.13. The lowest BCUT2D eigenvalue weighted by Crippen LogP contribution is -2.46. The Kier molecular flexibility index (Phi) is 7.58. The number of benzene rings is 1. The van der Waals surface area contributed by atoms with Gasteiger partial charge in [0.05, 0.1) is 0 Å². The molecule has 0 unspecified atom stereocenters. The zero-order valence-electron chi connectivity index (χ0n) is 17.1. The molecule has 29 heavy (non-hydrogen) atoms. The van der Waals surface area contributed by atoms with E-state index in [4.69, 9.17) is 5.11 Å². The van der Waals surface area contributed by atoms with Crippen LogP contribution in [0.5, 0.6) is 0 Å². The number of hydrogen-bond donors (Lipinski definition) is 2. The van der Waals surface area contributed by atoms with Gasteiger partial charge in [-0.25, -0.2) is 0 Å². The van der Waals surface area contributed by atoms with E-state index in [0.717, 1.165) is 76.6 Å². The van der Waals surface area contributed by atoms with Crippen LogP contribution in [0.1, 0.15) is 78.8 Å². The summed E-state index contributed by atoms with van der Waals surface area (Å²) >= 11 is 0. The van der Waals surface area contributed by atoms with Crippen molar-refractivity contribution in [3.05, 3.63) is 34.9 Å². The predicted molar refractivity (Wildman–Crippen MR) is 116 cm³/mol. The lowest BCUT2D eigenvalue weighted by atomic mass is 9.81. The number of fused-ring (bicyclic) bond motifs is 1. The highest BCUT2D eigenvalue weighted by molar-refractivity contribution is 5.97. The van der Waals surface area contributed by atoms with E-state index in [0.29, 0.717) is 17.9 Å². The van der Waals surface area contributed by atoms with Gasteiger partial charge in [-0.2, -0.15) is 0 Å². The standard InChI is InChI=1S/C23H32N2O3.ClH/c26-22(27)8-3-16-1-6-20(7-2-16)25-14-11-18-4-5-19(15-21(18)23(25)28)17-9-12-24-13-10-17;/h4-5,15-17,20,24H,1-3,6-14H2,(H,26,27);1H. The highest BCUT2D eigenvalue weighted by Crippen LogP contribution is 2.34. The van der Waals surface area contributed by atoms with Crippen LogP contribution in [-0.2, 0) is 11.2 Å². The summed E-state index contributed by atoms with van der Waals surface area (Å²) < 4.78 is 0. The molecule has 2 fully saturated rings. The average Bonchev–Trinajstić information content (AvgIpc) is 2.73. The number of carboxylic acids is 1. The van der Waals surface area contributed by atoms with Gasteiger partial charge in [-0.15, -0.1) is 12.4 Å². The number of amides is 1. The number of carbonyl (C=O) groups excluding carboxylic acids is 1. The first kappa shape index (κ1) is 22.1. The average molecular weight is 421 g/mol. The van der Waals surface area contributed by atoms with E-state index < -0.39 is 5.97 Å². The second kappa shape index (κ2) is 9.94. The van der Waals surface area contributed by atoms with E-state index >= 15 is 0 Å². The number of carbonyl (C=O) groups is 2. The van der Waals surface area contributed by atoms with Gasteiger partial charge in [0.1, 0.15) is 0 Å². The van der Waals surface area contributed by atoms with E-state index in [2.05, 4.69) is 28.4 Å². The van der Waals surface area contributed by atoms with Crippen LogP contribution >= 0.6 is 12.4 Å². The maximum atomic E-state index is 13.3. The molecule has 0 radical (unpaired) electrons. The van der Waals surface area contributed by atoms with Crippen LogP contribution in [-0.4, -0.2) is 47.6 Å². The quantitative estimate of drug-likeness (QED) is 0.755. The lowest BCUT2D eigenvalue weighted by molar-refractivity contribution is -0.137. The Morgan fingerprint density at radius 2 is 1.83 bits per heavy atom. The van der Waals surface area contributed by atoms with Crippen LogP contribution in [0.2, 0.25) is 0 Å². The first-order chi connectivity index (χ1) is 13.6. The first-order valence-corrected chi connectivity index (χ1v) is 11.0. The first-order valence-electron chi connectivity index (χ1n) is 11.0. The van der Waals surface area contributed by atoms with E-state index in [1.807, 2.05) is 0 Å². The van der Waals surface area contributed by atoms with Crippen molar-refractivity contribution in [1.29, 1.82) is 0 Å². The van der Waals surface area contributed by atoms with E-state index in [1.54, 1.807) is 0 Å². The molecule has 0 bridgehead atoms. The van der Waals surface area contributed by atoms with Gasteiger partial charge in [0.25, 0.3) is 5.91 Å². The lowest BCUT2D eigenvalue weighted by Gasteiger charge is -2.39. The van der Waals surface area contributed by atoms with Gasteiger partial charge in [-0.05, 0) is 93.5 Å². The summed E-state index contributed by atoms with van der Waals surface area (Å²) in [5.41, 5.74) is 3.46. The van der Waals surface area contributed by atoms with Crippen molar-refractivity contribution < 1.29 is 14.7 Å². The number of piperidine rings is 1. The van der Waals surface area contributed by atoms with Gasteiger partial charge in [0.15, 0.2) is 0 Å². The van der Waals surface area contributed by atoms with Gasteiger partial charge in [-0.3, -0.25) is 9.59 Å². The molecule has 1 aromatic rings. The van der Waals surface area contributed by atoms with Gasteiger partial charge >= 0.3 is 5.97 Å². The molecular formula is C23H33ClN2O3. The number of aliphatic carboxylic acids is 1. The minimum Gasteiger partial charge on any atom is -0.481 e. The molecule has 160 valence electrons. The van der Waals surface area contributed by atoms with Crippen molar-refractivity contribution in [2.75, 3.05) is 19.6 Å². The topological polar surface area (TPSA) is 69.6 Å². The molecule has 1 amide bonds. The van der Waals surface area contributed by atoms with E-state index in [-0.39, 0.29) is 24.7 Å². The maximum Gasteiger partial charge on any atom is 0.303 e. The molecule has 2 aliphatic heterocycles. The van der Waals surface area contributed by atoms with Crippen molar-refractivity contribution >= 4 is 24.3 Å². The number of rotatable bonds is 5. The molecule has 1 saturated carbocycles. The minimum absolute atomic E-state index is 0. The van der Waals surface area contributed by atoms with Crippen molar-refractivity contribution in [3.63, 3.8) is 0 Å². The minimum atomic E-state index is -0.700. The smallest absolute Gasteiger partial charge is 0.303 e. The second-order valence-corrected chi connectivity index (χ2v) is 8.80. The molecule has 4 rings (SSSR count). The zero-order valence-corrected chi connectivity index (χ0v) is 17.9. The molecule has 1 aliphatic carbocycles. The number of carboxylic acid groups (broad SMARTS) is 1. The van der Waals surface area contributed by atoms with Crippen LogP contribution in [0.3, 0.4) is 0 Å². The fraction of sp³-hybridized carbons (Fsp3) is 0.652. The maximum absolute atomic E-state index is 13.3. The molecule has 3 aliphatic rings. The largest absolute Gasteiger partial charge is 0.481 e. The number of halogens is 1. The summed E-state index contributed by atoms with van der Waals surface area (Å²) in [7, 11) is 0. The summed E-state index contributed by atoms with van der Waals surface area (Å²) in [6.07, 6.45) is 8.41. The Morgan fingerprint density at radius 1 is 1.10 bits per heavy atom. The normalized spacial score (nSPS) is 25.2. The van der Waals surface area contributed by atoms with Gasteiger partial charge in [0, 0.05) is 24.6 Å². The third-order valence-corrected chi connectivity index (χ3v) is 7.08. The Morgan fingerprint density at radius 3 is 2.52 bits per heavy atom. The van der Waals surface area contributed by atoms with Crippen molar-refractivity contribution in [2.24, 2.45) is 5.92 Å². The molecule has 0 aromatic heterocycles. The van der Waals surface area contributed by atoms with Gasteiger partial charge < -0.3 is 15.3 Å². The van der Waals surface area contributed by atoms with Crippen LogP contribution in [0, 0.1) is 5.92 Å². The molecule has 6 heteroatoms. The summed E-state index contributed by atoms with van der Waals surface area (Å²) in [5, 5.41) is 12.3.